The van der Waals surface area contributed by atoms with E-state index < -0.39 is 0 Å². The molecular weight excluding hydrogens is 225 g/mol. The minimum absolute atomic E-state index is 0.288. The molecule has 0 atom stereocenters. The molecule has 0 saturated carbocycles. The summed E-state index contributed by atoms with van der Waals surface area (Å²) < 4.78 is 11.9. The standard InChI is InChI=1S/C14H18BNO2/c1-13(2)14(3,4)18-15(17-13)9-11-7-5-6-8-12(11)10-16/h5-8H,9H2,1-4H3. The zero-order valence-electron chi connectivity index (χ0n) is 11.4. The molecule has 0 bridgehead atoms. The van der Waals surface area contributed by atoms with Crippen LogP contribution in [0.15, 0.2) is 24.3 Å². The first-order valence-electron chi connectivity index (χ1n) is 6.19. The van der Waals surface area contributed by atoms with Crippen molar-refractivity contribution in [3.05, 3.63) is 35.4 Å². The summed E-state index contributed by atoms with van der Waals surface area (Å²) in [5, 5.41) is 9.07. The molecule has 1 heterocycles. The smallest absolute Gasteiger partial charge is 0.403 e. The normalized spacial score (nSPS) is 20.7. The summed E-state index contributed by atoms with van der Waals surface area (Å²) in [6.07, 6.45) is 0.608. The summed E-state index contributed by atoms with van der Waals surface area (Å²) in [5.74, 6) is 0. The van der Waals surface area contributed by atoms with Gasteiger partial charge in [-0.1, -0.05) is 18.2 Å². The van der Waals surface area contributed by atoms with Gasteiger partial charge in [-0.25, -0.2) is 0 Å². The van der Waals surface area contributed by atoms with Crippen LogP contribution in [0.5, 0.6) is 0 Å². The van der Waals surface area contributed by atoms with Crippen LogP contribution in [-0.4, -0.2) is 18.3 Å². The fraction of sp³-hybridized carbons (Fsp3) is 0.500. The molecule has 4 heteroatoms. The zero-order valence-corrected chi connectivity index (χ0v) is 11.4. The van der Waals surface area contributed by atoms with Crippen molar-refractivity contribution in [3.63, 3.8) is 0 Å². The molecule has 3 nitrogen and oxygen atoms in total. The maximum absolute atomic E-state index is 9.07. The van der Waals surface area contributed by atoms with Crippen LogP contribution in [0.3, 0.4) is 0 Å². The second-order valence-electron chi connectivity index (χ2n) is 5.66. The minimum atomic E-state index is -0.320. The Labute approximate surface area is 109 Å². The molecule has 0 N–H and O–H groups in total. The van der Waals surface area contributed by atoms with E-state index in [-0.39, 0.29) is 18.3 Å². The van der Waals surface area contributed by atoms with Crippen molar-refractivity contribution in [2.24, 2.45) is 0 Å². The Morgan fingerprint density at radius 3 is 2.22 bits per heavy atom. The molecule has 1 saturated heterocycles. The van der Waals surface area contributed by atoms with Crippen LogP contribution < -0.4 is 0 Å². The van der Waals surface area contributed by atoms with E-state index in [2.05, 4.69) is 6.07 Å². The zero-order chi connectivity index (χ0) is 13.4. The number of benzene rings is 1. The molecule has 0 unspecified atom stereocenters. The van der Waals surface area contributed by atoms with Gasteiger partial charge in [0.1, 0.15) is 0 Å². The monoisotopic (exact) mass is 243 g/mol. The highest BCUT2D eigenvalue weighted by molar-refractivity contribution is 6.45. The number of nitrogens with zero attached hydrogens (tertiary/aromatic N) is 1. The first-order chi connectivity index (χ1) is 8.36. The molecule has 1 fully saturated rings. The predicted molar refractivity (Wildman–Crippen MR) is 70.9 cm³/mol. The molecule has 18 heavy (non-hydrogen) atoms. The second-order valence-corrected chi connectivity index (χ2v) is 5.66. The summed E-state index contributed by atoms with van der Waals surface area (Å²) in [7, 11) is -0.288. The van der Waals surface area contributed by atoms with E-state index >= 15 is 0 Å². The Kier molecular flexibility index (Phi) is 3.22. The van der Waals surface area contributed by atoms with E-state index in [4.69, 9.17) is 14.6 Å². The molecule has 0 aromatic heterocycles. The van der Waals surface area contributed by atoms with Gasteiger partial charge in [-0.2, -0.15) is 5.26 Å². The second kappa shape index (κ2) is 4.42. The topological polar surface area (TPSA) is 42.2 Å². The summed E-state index contributed by atoms with van der Waals surface area (Å²) >= 11 is 0. The SMILES string of the molecule is CC1(C)OB(Cc2ccccc2C#N)OC1(C)C. The van der Waals surface area contributed by atoms with Crippen molar-refractivity contribution in [2.75, 3.05) is 0 Å². The molecule has 1 aliphatic rings. The van der Waals surface area contributed by atoms with E-state index in [1.54, 1.807) is 0 Å². The van der Waals surface area contributed by atoms with Crippen molar-refractivity contribution in [1.29, 1.82) is 5.26 Å². The molecule has 0 spiro atoms. The summed E-state index contributed by atoms with van der Waals surface area (Å²) in [5.41, 5.74) is 1.02. The van der Waals surface area contributed by atoms with Crippen molar-refractivity contribution in [2.45, 2.75) is 45.2 Å². The van der Waals surface area contributed by atoms with Gasteiger partial charge in [0.15, 0.2) is 0 Å². The summed E-state index contributed by atoms with van der Waals surface area (Å²) in [6, 6.07) is 9.77. The molecule has 0 aliphatic carbocycles. The van der Waals surface area contributed by atoms with Crippen molar-refractivity contribution in [3.8, 4) is 6.07 Å². The highest BCUT2D eigenvalue weighted by atomic mass is 16.7. The van der Waals surface area contributed by atoms with Crippen molar-refractivity contribution in [1.82, 2.24) is 0 Å². The lowest BCUT2D eigenvalue weighted by Crippen LogP contribution is -2.41. The molecule has 0 amide bonds. The quantitative estimate of drug-likeness (QED) is 0.750. The van der Waals surface area contributed by atoms with Crippen LogP contribution in [-0.2, 0) is 15.6 Å². The van der Waals surface area contributed by atoms with Gasteiger partial charge in [0, 0.05) is 6.32 Å². The van der Waals surface area contributed by atoms with Gasteiger partial charge in [-0.3, -0.25) is 0 Å². The maximum Gasteiger partial charge on any atom is 0.462 e. The Morgan fingerprint density at radius 1 is 1.11 bits per heavy atom. The number of nitriles is 1. The number of hydrogen-bond donors (Lipinski definition) is 0. The van der Waals surface area contributed by atoms with Crippen molar-refractivity contribution < 1.29 is 9.31 Å². The molecule has 2 rings (SSSR count). The fourth-order valence-electron chi connectivity index (χ4n) is 2.04. The molecule has 0 radical (unpaired) electrons. The largest absolute Gasteiger partial charge is 0.462 e. The Hall–Kier alpha value is -1.31. The lowest BCUT2D eigenvalue weighted by Gasteiger charge is -2.32. The van der Waals surface area contributed by atoms with Gasteiger partial charge in [0.2, 0.25) is 0 Å². The fourth-order valence-corrected chi connectivity index (χ4v) is 2.04. The van der Waals surface area contributed by atoms with Gasteiger partial charge in [0.05, 0.1) is 22.8 Å². The Bertz CT molecular complexity index is 475. The predicted octanol–water partition coefficient (Wildman–Crippen LogP) is 2.73. The molecule has 94 valence electrons. The van der Waals surface area contributed by atoms with E-state index in [1.807, 2.05) is 52.0 Å². The molecule has 1 aliphatic heterocycles. The maximum atomic E-state index is 9.07. The minimum Gasteiger partial charge on any atom is -0.403 e. The summed E-state index contributed by atoms with van der Waals surface area (Å²) in [6.45, 7) is 8.12. The molecular formula is C14H18BNO2. The highest BCUT2D eigenvalue weighted by Crippen LogP contribution is 2.37. The van der Waals surface area contributed by atoms with Gasteiger partial charge in [0.25, 0.3) is 0 Å². The third kappa shape index (κ3) is 2.29. The van der Waals surface area contributed by atoms with Gasteiger partial charge >= 0.3 is 7.12 Å². The first kappa shape index (κ1) is 13.1. The lowest BCUT2D eigenvalue weighted by atomic mass is 9.79. The van der Waals surface area contributed by atoms with E-state index in [0.29, 0.717) is 11.9 Å². The van der Waals surface area contributed by atoms with E-state index in [0.717, 1.165) is 5.56 Å². The van der Waals surface area contributed by atoms with Crippen molar-refractivity contribution >= 4 is 7.12 Å². The highest BCUT2D eigenvalue weighted by Gasteiger charge is 2.50. The average Bonchev–Trinajstić information content (AvgIpc) is 2.47. The molecule has 1 aromatic carbocycles. The third-order valence-electron chi connectivity index (χ3n) is 3.83. The average molecular weight is 243 g/mol. The third-order valence-corrected chi connectivity index (χ3v) is 3.83. The van der Waals surface area contributed by atoms with Crippen LogP contribution in [0.25, 0.3) is 0 Å². The Balaban J connectivity index is 2.16. The van der Waals surface area contributed by atoms with Gasteiger partial charge in [-0.15, -0.1) is 0 Å². The van der Waals surface area contributed by atoms with Crippen LogP contribution in [0.2, 0.25) is 0 Å². The van der Waals surface area contributed by atoms with Crippen LogP contribution in [0.1, 0.15) is 38.8 Å². The number of rotatable bonds is 2. The number of hydrogen-bond acceptors (Lipinski definition) is 3. The Morgan fingerprint density at radius 2 is 1.67 bits per heavy atom. The first-order valence-corrected chi connectivity index (χ1v) is 6.19. The van der Waals surface area contributed by atoms with Crippen LogP contribution >= 0.6 is 0 Å². The van der Waals surface area contributed by atoms with E-state index in [9.17, 15) is 0 Å². The van der Waals surface area contributed by atoms with Crippen LogP contribution in [0.4, 0.5) is 0 Å². The van der Waals surface area contributed by atoms with E-state index in [1.165, 1.54) is 0 Å². The van der Waals surface area contributed by atoms with Gasteiger partial charge in [-0.05, 0) is 39.3 Å². The van der Waals surface area contributed by atoms with Crippen LogP contribution in [0, 0.1) is 11.3 Å². The summed E-state index contributed by atoms with van der Waals surface area (Å²) in [4.78, 5) is 0. The van der Waals surface area contributed by atoms with Gasteiger partial charge < -0.3 is 9.31 Å². The molecule has 1 aromatic rings. The lowest BCUT2D eigenvalue weighted by molar-refractivity contribution is 0.00578.